The minimum absolute atomic E-state index is 0.158. The van der Waals surface area contributed by atoms with Crippen molar-refractivity contribution in [3.8, 4) is 0 Å². The Morgan fingerprint density at radius 2 is 2.13 bits per heavy atom. The third-order valence-electron chi connectivity index (χ3n) is 2.87. The van der Waals surface area contributed by atoms with Gasteiger partial charge in [-0.2, -0.15) is 23.5 Å². The monoisotopic (exact) mass is 246 g/mol. The first-order valence-electron chi connectivity index (χ1n) is 5.60. The van der Waals surface area contributed by atoms with Gasteiger partial charge in [-0.3, -0.25) is 0 Å². The van der Waals surface area contributed by atoms with Gasteiger partial charge in [-0.1, -0.05) is 19.4 Å². The summed E-state index contributed by atoms with van der Waals surface area (Å²) in [7, 11) is 0. The number of aliphatic hydroxyl groups is 1. The van der Waals surface area contributed by atoms with Gasteiger partial charge >= 0.3 is 0 Å². The van der Waals surface area contributed by atoms with E-state index in [0.29, 0.717) is 10.5 Å². The normalized spacial score (nSPS) is 33.7. The maximum atomic E-state index is 10.1. The number of aliphatic hydroxyl groups excluding tert-OH is 1. The van der Waals surface area contributed by atoms with E-state index in [-0.39, 0.29) is 6.10 Å². The summed E-state index contributed by atoms with van der Waals surface area (Å²) in [6.07, 6.45) is 1.66. The number of allylic oxidation sites excluding steroid dienone is 1. The summed E-state index contributed by atoms with van der Waals surface area (Å²) in [6, 6.07) is 0. The van der Waals surface area contributed by atoms with Crippen LogP contribution in [0.4, 0.5) is 0 Å². The highest BCUT2D eigenvalue weighted by Gasteiger charge is 2.29. The first-order chi connectivity index (χ1) is 7.00. The van der Waals surface area contributed by atoms with Crippen LogP contribution in [0, 0.1) is 0 Å². The lowest BCUT2D eigenvalue weighted by molar-refractivity contribution is 0.167. The molecule has 0 radical (unpaired) electrons. The quantitative estimate of drug-likeness (QED) is 0.768. The van der Waals surface area contributed by atoms with Gasteiger partial charge in [0, 0.05) is 21.5 Å². The highest BCUT2D eigenvalue weighted by atomic mass is 32.2. The summed E-state index contributed by atoms with van der Waals surface area (Å²) < 4.78 is 0. The topological polar surface area (TPSA) is 20.2 Å². The summed E-state index contributed by atoms with van der Waals surface area (Å²) in [6.45, 7) is 10.4. The van der Waals surface area contributed by atoms with E-state index in [0.717, 1.165) is 23.8 Å². The number of hydrogen-bond donors (Lipinski definition) is 1. The first kappa shape index (κ1) is 13.5. The van der Waals surface area contributed by atoms with Crippen molar-refractivity contribution in [3.05, 3.63) is 12.2 Å². The van der Waals surface area contributed by atoms with E-state index in [9.17, 15) is 5.11 Å². The lowest BCUT2D eigenvalue weighted by atomic mass is 10.1. The highest BCUT2D eigenvalue weighted by Crippen LogP contribution is 2.37. The molecule has 1 fully saturated rings. The second-order valence-electron chi connectivity index (χ2n) is 4.48. The minimum atomic E-state index is -0.158. The van der Waals surface area contributed by atoms with E-state index in [2.05, 4.69) is 20.4 Å². The second kappa shape index (κ2) is 6.21. The van der Waals surface area contributed by atoms with E-state index < -0.39 is 0 Å². The van der Waals surface area contributed by atoms with Crippen LogP contribution in [0.1, 0.15) is 33.6 Å². The Labute approximate surface area is 102 Å². The van der Waals surface area contributed by atoms with Crippen molar-refractivity contribution in [2.24, 2.45) is 0 Å². The Hall–Kier alpha value is 0.400. The van der Waals surface area contributed by atoms with Gasteiger partial charge in [0.2, 0.25) is 0 Å². The molecule has 0 spiro atoms. The van der Waals surface area contributed by atoms with E-state index in [4.69, 9.17) is 0 Å². The zero-order valence-electron chi connectivity index (χ0n) is 9.90. The third kappa shape index (κ3) is 4.41. The van der Waals surface area contributed by atoms with Crippen molar-refractivity contribution in [2.75, 3.05) is 5.75 Å². The van der Waals surface area contributed by atoms with Gasteiger partial charge in [0.1, 0.15) is 0 Å². The molecule has 0 aromatic heterocycles. The van der Waals surface area contributed by atoms with Gasteiger partial charge in [-0.05, 0) is 19.8 Å². The fourth-order valence-corrected chi connectivity index (χ4v) is 4.64. The van der Waals surface area contributed by atoms with Gasteiger partial charge in [0.25, 0.3) is 0 Å². The summed E-state index contributed by atoms with van der Waals surface area (Å²) in [5.74, 6) is 1.09. The van der Waals surface area contributed by atoms with Crippen LogP contribution in [0.3, 0.4) is 0 Å². The van der Waals surface area contributed by atoms with Crippen LogP contribution in [-0.2, 0) is 0 Å². The van der Waals surface area contributed by atoms with Crippen molar-refractivity contribution >= 4 is 23.5 Å². The van der Waals surface area contributed by atoms with Crippen LogP contribution >= 0.6 is 23.5 Å². The van der Waals surface area contributed by atoms with Crippen molar-refractivity contribution in [1.82, 2.24) is 0 Å². The average molecular weight is 246 g/mol. The van der Waals surface area contributed by atoms with Crippen LogP contribution in [0.2, 0.25) is 0 Å². The van der Waals surface area contributed by atoms with Crippen molar-refractivity contribution in [2.45, 2.75) is 55.5 Å². The predicted molar refractivity (Wildman–Crippen MR) is 72.8 cm³/mol. The molecule has 1 aliphatic rings. The molecule has 4 unspecified atom stereocenters. The Kier molecular flexibility index (Phi) is 5.58. The first-order valence-corrected chi connectivity index (χ1v) is 7.59. The Morgan fingerprint density at radius 1 is 1.47 bits per heavy atom. The maximum Gasteiger partial charge on any atom is 0.0669 e. The zero-order valence-corrected chi connectivity index (χ0v) is 11.5. The van der Waals surface area contributed by atoms with Gasteiger partial charge in [0.05, 0.1) is 6.10 Å². The Bertz CT molecular complexity index is 218. The van der Waals surface area contributed by atoms with Crippen molar-refractivity contribution in [1.29, 1.82) is 0 Å². The zero-order chi connectivity index (χ0) is 11.4. The van der Waals surface area contributed by atoms with Crippen LogP contribution in [0.15, 0.2) is 12.2 Å². The molecule has 1 aliphatic heterocycles. The molecular weight excluding hydrogens is 224 g/mol. The fraction of sp³-hybridized carbons (Fsp3) is 0.833. The van der Waals surface area contributed by atoms with Gasteiger partial charge < -0.3 is 5.11 Å². The second-order valence-corrected chi connectivity index (χ2v) is 7.51. The van der Waals surface area contributed by atoms with Crippen LogP contribution in [0.5, 0.6) is 0 Å². The van der Waals surface area contributed by atoms with Crippen LogP contribution < -0.4 is 0 Å². The van der Waals surface area contributed by atoms with Crippen LogP contribution in [-0.4, -0.2) is 32.7 Å². The molecule has 3 heteroatoms. The molecule has 1 nitrogen and oxygen atoms in total. The molecule has 1 rings (SSSR count). The van der Waals surface area contributed by atoms with E-state index in [1.165, 1.54) is 5.57 Å². The van der Waals surface area contributed by atoms with Gasteiger partial charge in [-0.25, -0.2) is 0 Å². The molecule has 4 atom stereocenters. The molecule has 0 amide bonds. The van der Waals surface area contributed by atoms with Crippen molar-refractivity contribution < 1.29 is 5.11 Å². The van der Waals surface area contributed by atoms with Gasteiger partial charge in [-0.15, -0.1) is 6.58 Å². The summed E-state index contributed by atoms with van der Waals surface area (Å²) in [4.78, 5) is 0. The van der Waals surface area contributed by atoms with E-state index in [1.54, 1.807) is 0 Å². The SMILES string of the molecule is C=C(C)CCC(O)C1CSC(C)C(C)S1. The van der Waals surface area contributed by atoms with E-state index >= 15 is 0 Å². The standard InChI is InChI=1S/C12H22OS2/c1-8(2)5-6-11(13)12-7-14-9(3)10(4)15-12/h9-13H,1,5-7H2,2-4H3. The smallest absolute Gasteiger partial charge is 0.0669 e. The number of thioether (sulfide) groups is 2. The molecule has 0 aromatic carbocycles. The van der Waals surface area contributed by atoms with Crippen LogP contribution in [0.25, 0.3) is 0 Å². The molecule has 0 saturated carbocycles. The maximum absolute atomic E-state index is 10.1. The van der Waals surface area contributed by atoms with Gasteiger partial charge in [0.15, 0.2) is 0 Å². The number of hydrogen-bond acceptors (Lipinski definition) is 3. The Balaban J connectivity index is 2.33. The molecule has 88 valence electrons. The minimum Gasteiger partial charge on any atom is -0.392 e. The number of rotatable bonds is 4. The lowest BCUT2D eigenvalue weighted by Gasteiger charge is -2.33. The molecule has 1 N–H and O–H groups in total. The largest absolute Gasteiger partial charge is 0.392 e. The third-order valence-corrected chi connectivity index (χ3v) is 6.41. The van der Waals surface area contributed by atoms with E-state index in [1.807, 2.05) is 30.4 Å². The molecule has 0 aliphatic carbocycles. The highest BCUT2D eigenvalue weighted by molar-refractivity contribution is 8.07. The summed E-state index contributed by atoms with van der Waals surface area (Å²) in [5.41, 5.74) is 1.17. The molecular formula is C12H22OS2. The molecule has 1 saturated heterocycles. The predicted octanol–water partition coefficient (Wildman–Crippen LogP) is 3.33. The van der Waals surface area contributed by atoms with Crippen molar-refractivity contribution in [3.63, 3.8) is 0 Å². The molecule has 0 aromatic rings. The molecule has 1 heterocycles. The Morgan fingerprint density at radius 3 is 2.67 bits per heavy atom. The summed E-state index contributed by atoms with van der Waals surface area (Å²) >= 11 is 3.95. The lowest BCUT2D eigenvalue weighted by Crippen LogP contribution is -2.34. The fourth-order valence-electron chi connectivity index (χ4n) is 1.59. The molecule has 15 heavy (non-hydrogen) atoms. The molecule has 0 bridgehead atoms. The summed E-state index contributed by atoms with van der Waals surface area (Å²) in [5, 5.41) is 11.9. The average Bonchev–Trinajstić information content (AvgIpc) is 2.18.